The average Bonchev–Trinajstić information content (AvgIpc) is 2.73. The fourth-order valence-corrected chi connectivity index (χ4v) is 5.33. The zero-order valence-corrected chi connectivity index (χ0v) is 19.7. The Hall–Kier alpha value is -1.97. The molecule has 2 nitrogen and oxygen atoms in total. The third kappa shape index (κ3) is 4.53. The van der Waals surface area contributed by atoms with E-state index in [9.17, 15) is 0 Å². The minimum absolute atomic E-state index is 0.00422. The van der Waals surface area contributed by atoms with Gasteiger partial charge in [0.2, 0.25) is 0 Å². The normalized spacial score (nSPS) is 13.8. The van der Waals surface area contributed by atoms with E-state index in [0.717, 1.165) is 46.3 Å². The van der Waals surface area contributed by atoms with Crippen LogP contribution < -0.4 is 4.74 Å². The lowest BCUT2D eigenvalue weighted by Gasteiger charge is -2.23. The van der Waals surface area contributed by atoms with Crippen LogP contribution in [-0.2, 0) is 18.4 Å². The third-order valence-electron chi connectivity index (χ3n) is 5.45. The SMILES string of the molecule is Cc1cc(C(C)(C)C)c(Cl)cc1-c1cc(OCc2ccccc2)c2c(n1)CCCS2. The van der Waals surface area contributed by atoms with Crippen molar-refractivity contribution in [2.24, 2.45) is 0 Å². The summed E-state index contributed by atoms with van der Waals surface area (Å²) in [5.74, 6) is 2.04. The van der Waals surface area contributed by atoms with Gasteiger partial charge in [0, 0.05) is 16.7 Å². The molecule has 4 rings (SSSR count). The van der Waals surface area contributed by atoms with Crippen LogP contribution in [-0.4, -0.2) is 10.7 Å². The van der Waals surface area contributed by atoms with Crippen LogP contribution in [0.2, 0.25) is 5.02 Å². The van der Waals surface area contributed by atoms with Crippen molar-refractivity contribution in [2.75, 3.05) is 5.75 Å². The maximum absolute atomic E-state index is 6.70. The zero-order valence-electron chi connectivity index (χ0n) is 18.1. The van der Waals surface area contributed by atoms with Crippen molar-refractivity contribution in [2.45, 2.75) is 57.5 Å². The maximum atomic E-state index is 6.70. The van der Waals surface area contributed by atoms with E-state index >= 15 is 0 Å². The van der Waals surface area contributed by atoms with Crippen molar-refractivity contribution < 1.29 is 4.74 Å². The van der Waals surface area contributed by atoms with E-state index in [-0.39, 0.29) is 5.41 Å². The number of aryl methyl sites for hydroxylation is 2. The van der Waals surface area contributed by atoms with E-state index in [1.165, 1.54) is 21.6 Å². The maximum Gasteiger partial charge on any atom is 0.137 e. The van der Waals surface area contributed by atoms with Crippen LogP contribution in [0.5, 0.6) is 5.75 Å². The summed E-state index contributed by atoms with van der Waals surface area (Å²) in [5, 5.41) is 0.795. The number of fused-ring (bicyclic) bond motifs is 1. The number of hydrogen-bond acceptors (Lipinski definition) is 3. The lowest BCUT2D eigenvalue weighted by atomic mass is 9.85. The topological polar surface area (TPSA) is 22.1 Å². The number of rotatable bonds is 4. The van der Waals surface area contributed by atoms with Crippen LogP contribution in [0.4, 0.5) is 0 Å². The molecule has 30 heavy (non-hydrogen) atoms. The van der Waals surface area contributed by atoms with Gasteiger partial charge in [-0.2, -0.15) is 0 Å². The molecule has 0 radical (unpaired) electrons. The Morgan fingerprint density at radius 1 is 1.10 bits per heavy atom. The van der Waals surface area contributed by atoms with Crippen molar-refractivity contribution >= 4 is 23.4 Å². The number of nitrogens with zero attached hydrogens (tertiary/aromatic N) is 1. The minimum Gasteiger partial charge on any atom is -0.488 e. The predicted octanol–water partition coefficient (Wildman–Crippen LogP) is 7.63. The van der Waals surface area contributed by atoms with Crippen LogP contribution in [0, 0.1) is 6.92 Å². The molecule has 1 aliphatic rings. The number of hydrogen-bond donors (Lipinski definition) is 0. The van der Waals surface area contributed by atoms with Gasteiger partial charge < -0.3 is 4.74 Å². The third-order valence-corrected chi connectivity index (χ3v) is 6.98. The summed E-state index contributed by atoms with van der Waals surface area (Å²) >= 11 is 8.55. The second kappa shape index (κ2) is 8.64. The Morgan fingerprint density at radius 2 is 1.87 bits per heavy atom. The standard InChI is InChI=1S/C26H28ClNOS/c1-17-13-20(26(2,3)4)21(27)14-19(17)23-15-24(25-22(28-23)11-8-12-30-25)29-16-18-9-6-5-7-10-18/h5-7,9-10,13-15H,8,11-12,16H2,1-4H3. The van der Waals surface area contributed by atoms with Crippen LogP contribution in [0.1, 0.15) is 49.6 Å². The van der Waals surface area contributed by atoms with Gasteiger partial charge in [0.1, 0.15) is 12.4 Å². The lowest BCUT2D eigenvalue weighted by molar-refractivity contribution is 0.297. The molecule has 156 valence electrons. The molecule has 0 aliphatic carbocycles. The minimum atomic E-state index is 0.00422. The van der Waals surface area contributed by atoms with Gasteiger partial charge in [-0.05, 0) is 53.7 Å². The summed E-state index contributed by atoms with van der Waals surface area (Å²) in [6.07, 6.45) is 2.14. The first kappa shape index (κ1) is 21.3. The van der Waals surface area contributed by atoms with Crippen LogP contribution >= 0.6 is 23.4 Å². The van der Waals surface area contributed by atoms with Crippen LogP contribution in [0.25, 0.3) is 11.3 Å². The Balaban J connectivity index is 1.75. The zero-order chi connectivity index (χ0) is 21.3. The number of benzene rings is 2. The highest BCUT2D eigenvalue weighted by atomic mass is 35.5. The largest absolute Gasteiger partial charge is 0.488 e. The molecule has 2 aromatic carbocycles. The molecular formula is C26H28ClNOS. The molecule has 3 aromatic rings. The number of halogens is 1. The van der Waals surface area contributed by atoms with Gasteiger partial charge in [-0.25, -0.2) is 0 Å². The first-order valence-electron chi connectivity index (χ1n) is 10.5. The predicted molar refractivity (Wildman–Crippen MR) is 128 cm³/mol. The number of pyridine rings is 1. The molecule has 0 atom stereocenters. The van der Waals surface area contributed by atoms with Crippen molar-refractivity contribution in [3.8, 4) is 17.0 Å². The molecule has 0 saturated carbocycles. The summed E-state index contributed by atoms with van der Waals surface area (Å²) in [6.45, 7) is 9.27. The van der Waals surface area contributed by atoms with Crippen LogP contribution in [0.15, 0.2) is 53.4 Å². The van der Waals surface area contributed by atoms with E-state index < -0.39 is 0 Å². The van der Waals surface area contributed by atoms with Gasteiger partial charge in [0.05, 0.1) is 16.3 Å². The van der Waals surface area contributed by atoms with E-state index in [0.29, 0.717) is 6.61 Å². The first-order valence-corrected chi connectivity index (χ1v) is 11.8. The highest BCUT2D eigenvalue weighted by molar-refractivity contribution is 7.99. The molecule has 2 heterocycles. The smallest absolute Gasteiger partial charge is 0.137 e. The Kier molecular flexibility index (Phi) is 6.13. The second-order valence-corrected chi connectivity index (χ2v) is 10.4. The van der Waals surface area contributed by atoms with Crippen molar-refractivity contribution in [3.63, 3.8) is 0 Å². The Bertz CT molecular complexity index is 1060. The average molecular weight is 438 g/mol. The molecule has 0 fully saturated rings. The second-order valence-electron chi connectivity index (χ2n) is 8.90. The van der Waals surface area contributed by atoms with E-state index in [1.54, 1.807) is 0 Å². The summed E-state index contributed by atoms with van der Waals surface area (Å²) < 4.78 is 6.31. The van der Waals surface area contributed by atoms with E-state index in [4.69, 9.17) is 21.3 Å². The lowest BCUT2D eigenvalue weighted by Crippen LogP contribution is -2.12. The van der Waals surface area contributed by atoms with Gasteiger partial charge in [-0.3, -0.25) is 4.98 Å². The van der Waals surface area contributed by atoms with Crippen LogP contribution in [0.3, 0.4) is 0 Å². The summed E-state index contributed by atoms with van der Waals surface area (Å²) in [7, 11) is 0. The Morgan fingerprint density at radius 3 is 2.60 bits per heavy atom. The monoisotopic (exact) mass is 437 g/mol. The molecule has 0 spiro atoms. The molecule has 0 unspecified atom stereocenters. The van der Waals surface area contributed by atoms with Gasteiger partial charge in [-0.15, -0.1) is 11.8 Å². The van der Waals surface area contributed by atoms with Gasteiger partial charge in [0.25, 0.3) is 0 Å². The molecule has 4 heteroatoms. The van der Waals surface area contributed by atoms with Gasteiger partial charge in [0.15, 0.2) is 0 Å². The molecule has 1 aromatic heterocycles. The van der Waals surface area contributed by atoms with Crippen molar-refractivity contribution in [3.05, 3.63) is 75.9 Å². The molecule has 0 amide bonds. The molecule has 0 bridgehead atoms. The van der Waals surface area contributed by atoms with E-state index in [2.05, 4.69) is 58.0 Å². The molecule has 0 saturated heterocycles. The van der Waals surface area contributed by atoms with Gasteiger partial charge in [-0.1, -0.05) is 68.8 Å². The fraction of sp³-hybridized carbons (Fsp3) is 0.346. The van der Waals surface area contributed by atoms with Gasteiger partial charge >= 0.3 is 0 Å². The highest BCUT2D eigenvalue weighted by Crippen LogP contribution is 2.41. The highest BCUT2D eigenvalue weighted by Gasteiger charge is 2.22. The number of aromatic nitrogens is 1. The Labute approximate surface area is 189 Å². The summed E-state index contributed by atoms with van der Waals surface area (Å²) in [5.41, 5.74) is 6.69. The summed E-state index contributed by atoms with van der Waals surface area (Å²) in [6, 6.07) is 16.7. The molecule has 0 N–H and O–H groups in total. The number of thioether (sulfide) groups is 1. The van der Waals surface area contributed by atoms with E-state index in [1.807, 2.05) is 30.0 Å². The summed E-state index contributed by atoms with van der Waals surface area (Å²) in [4.78, 5) is 6.22. The van der Waals surface area contributed by atoms with Crippen molar-refractivity contribution in [1.82, 2.24) is 4.98 Å². The number of ether oxygens (including phenoxy) is 1. The molecule has 1 aliphatic heterocycles. The fourth-order valence-electron chi connectivity index (χ4n) is 3.81. The first-order chi connectivity index (χ1) is 14.3. The quantitative estimate of drug-likeness (QED) is 0.419. The van der Waals surface area contributed by atoms with Crippen molar-refractivity contribution in [1.29, 1.82) is 0 Å². The molecular weight excluding hydrogens is 410 g/mol.